The van der Waals surface area contributed by atoms with Crippen LogP contribution in [0.4, 0.5) is 0 Å². The van der Waals surface area contributed by atoms with Gasteiger partial charge < -0.3 is 0 Å². The van der Waals surface area contributed by atoms with E-state index in [4.69, 9.17) is 15.3 Å². The topological polar surface area (TPSA) is 60.7 Å². The maximum atomic E-state index is 8.47. The molecule has 7 heavy (non-hydrogen) atoms. The molecule has 0 bridgehead atoms. The van der Waals surface area contributed by atoms with E-state index in [1.807, 2.05) is 0 Å². The first-order valence-corrected chi connectivity index (χ1v) is 3.31. The summed E-state index contributed by atoms with van der Waals surface area (Å²) < 4.78 is -0.690. The van der Waals surface area contributed by atoms with Gasteiger partial charge in [-0.05, 0) is 0 Å². The molecular formula is C3H7NaO3. The first kappa shape index (κ1) is 7.88. The van der Waals surface area contributed by atoms with E-state index in [2.05, 4.69) is 0 Å². The van der Waals surface area contributed by atoms with Gasteiger partial charge in [-0.3, -0.25) is 0 Å². The average molecular weight is 114 g/mol. The van der Waals surface area contributed by atoms with Crippen molar-refractivity contribution < 1.29 is 15.3 Å². The molecule has 0 aliphatic rings. The van der Waals surface area contributed by atoms with Crippen molar-refractivity contribution in [3.63, 3.8) is 0 Å². The van der Waals surface area contributed by atoms with E-state index in [0.29, 0.717) is 27.9 Å². The van der Waals surface area contributed by atoms with Gasteiger partial charge in [-0.15, -0.1) is 0 Å². The monoisotopic (exact) mass is 114 g/mol. The summed E-state index contributed by atoms with van der Waals surface area (Å²) in [5, 5.41) is 25.1. The van der Waals surface area contributed by atoms with E-state index < -0.39 is 9.46 Å². The van der Waals surface area contributed by atoms with Gasteiger partial charge in [-0.1, -0.05) is 0 Å². The fourth-order valence-corrected chi connectivity index (χ4v) is 0.363. The van der Waals surface area contributed by atoms with Crippen molar-refractivity contribution in [1.29, 1.82) is 0 Å². The first-order valence-electron chi connectivity index (χ1n) is 2.15. The molecule has 0 spiro atoms. The van der Waals surface area contributed by atoms with Crippen LogP contribution in [0.5, 0.6) is 0 Å². The predicted octanol–water partition coefficient (Wildman–Crippen LogP) is -2.17. The van der Waals surface area contributed by atoms with Crippen molar-refractivity contribution >= 4 is 27.9 Å². The Hall–Kier alpha value is 0.880. The van der Waals surface area contributed by atoms with E-state index in [0.717, 1.165) is 0 Å². The van der Waals surface area contributed by atoms with Gasteiger partial charge in [0.1, 0.15) is 0 Å². The van der Waals surface area contributed by atoms with Crippen molar-refractivity contribution in [3.8, 4) is 0 Å². The Morgan fingerprint density at radius 2 is 1.86 bits per heavy atom. The van der Waals surface area contributed by atoms with Gasteiger partial charge in [0.15, 0.2) is 0 Å². The zero-order valence-electron chi connectivity index (χ0n) is 4.20. The second-order valence-electron chi connectivity index (χ2n) is 1.49. The molecule has 0 heterocycles. The molecule has 0 radical (unpaired) electrons. The van der Waals surface area contributed by atoms with Crippen LogP contribution in [0, 0.1) is 0 Å². The minimum atomic E-state index is -0.924. The third-order valence-electron chi connectivity index (χ3n) is 0.744. The van der Waals surface area contributed by atoms with E-state index >= 15 is 0 Å². The van der Waals surface area contributed by atoms with Gasteiger partial charge in [0, 0.05) is 0 Å². The number of aliphatic hydroxyl groups excluding tert-OH is 3. The summed E-state index contributed by atoms with van der Waals surface area (Å²) in [6.45, 7) is -0.343. The summed E-state index contributed by atoms with van der Waals surface area (Å²) in [7, 11) is 0. The summed E-state index contributed by atoms with van der Waals surface area (Å²) in [4.78, 5) is 0. The van der Waals surface area contributed by atoms with Gasteiger partial charge in [0.05, 0.1) is 0 Å². The number of aliphatic hydroxyl groups is 3. The van der Waals surface area contributed by atoms with Crippen molar-refractivity contribution in [2.24, 2.45) is 0 Å². The van der Waals surface area contributed by atoms with Crippen LogP contribution in [0.25, 0.3) is 0 Å². The van der Waals surface area contributed by atoms with Crippen molar-refractivity contribution in [2.45, 2.75) is 9.46 Å². The van der Waals surface area contributed by atoms with Crippen molar-refractivity contribution in [1.82, 2.24) is 0 Å². The Morgan fingerprint density at radius 3 is 1.86 bits per heavy atom. The molecule has 2 unspecified atom stereocenters. The second-order valence-corrected chi connectivity index (χ2v) is 2.67. The Kier molecular flexibility index (Phi) is 4.31. The Morgan fingerprint density at radius 1 is 1.43 bits per heavy atom. The Labute approximate surface area is 59.4 Å². The van der Waals surface area contributed by atoms with E-state index in [1.54, 1.807) is 0 Å². The first-order chi connectivity index (χ1) is 3.18. The molecule has 3 N–H and O–H groups in total. The van der Waals surface area contributed by atoms with Gasteiger partial charge in [-0.25, -0.2) is 0 Å². The molecule has 2 atom stereocenters. The fourth-order valence-electron chi connectivity index (χ4n) is 0.153. The van der Waals surface area contributed by atoms with Crippen LogP contribution in [-0.2, 0) is 0 Å². The van der Waals surface area contributed by atoms with Crippen LogP contribution < -0.4 is 0 Å². The molecule has 3 nitrogen and oxygen atoms in total. The summed E-state index contributed by atoms with van der Waals surface area (Å²) in [6, 6.07) is 0. The normalized spacial score (nSPS) is 19.0. The average Bonchev–Trinajstić information content (AvgIpc) is 1.65. The Balaban J connectivity index is 3.14. The van der Waals surface area contributed by atoms with E-state index in [1.165, 1.54) is 0 Å². The standard InChI is InChI=1S/C3H7O3.Na/c4-1-3(6)2-5;/h1,3-6H,2H2;. The molecule has 0 saturated carbocycles. The zero-order chi connectivity index (χ0) is 5.86. The van der Waals surface area contributed by atoms with Crippen LogP contribution in [0.3, 0.4) is 0 Å². The fraction of sp³-hybridized carbons (Fsp3) is 1.00. The van der Waals surface area contributed by atoms with E-state index in [9.17, 15) is 0 Å². The van der Waals surface area contributed by atoms with Gasteiger partial charge >= 0.3 is 59.3 Å². The molecule has 0 aromatic rings. The van der Waals surface area contributed by atoms with Crippen LogP contribution in [0.15, 0.2) is 0 Å². The van der Waals surface area contributed by atoms with Crippen LogP contribution >= 0.6 is 0 Å². The van der Waals surface area contributed by atoms with Crippen molar-refractivity contribution in [2.75, 3.05) is 6.61 Å². The maximum absolute atomic E-state index is 8.47. The molecule has 0 amide bonds. The van der Waals surface area contributed by atoms with Crippen LogP contribution in [-0.4, -0.2) is 59.3 Å². The van der Waals surface area contributed by atoms with Crippen molar-refractivity contribution in [3.05, 3.63) is 0 Å². The third kappa shape index (κ3) is 3.46. The summed E-state index contributed by atoms with van der Waals surface area (Å²) in [6.07, 6.45) is -0.924. The number of rotatable bonds is 2. The van der Waals surface area contributed by atoms with Crippen LogP contribution in [0.1, 0.15) is 0 Å². The number of hydrogen-bond donors (Lipinski definition) is 3. The third-order valence-corrected chi connectivity index (χ3v) is 1.51. The molecule has 0 aromatic carbocycles. The molecular weight excluding hydrogens is 107 g/mol. The molecule has 0 saturated heterocycles. The van der Waals surface area contributed by atoms with E-state index in [-0.39, 0.29) is 6.61 Å². The molecule has 0 fully saturated rings. The predicted molar refractivity (Wildman–Crippen MR) is 24.9 cm³/mol. The van der Waals surface area contributed by atoms with Gasteiger partial charge in [-0.2, -0.15) is 0 Å². The summed E-state index contributed by atoms with van der Waals surface area (Å²) >= 11 is 0.508. The Bertz CT molecular complexity index is 47.4. The summed E-state index contributed by atoms with van der Waals surface area (Å²) in [5.41, 5.74) is 0. The molecule has 0 aromatic heterocycles. The molecule has 0 aliphatic heterocycles. The van der Waals surface area contributed by atoms with Gasteiger partial charge in [0.2, 0.25) is 0 Å². The van der Waals surface area contributed by atoms with Crippen LogP contribution in [0.2, 0.25) is 0 Å². The summed E-state index contributed by atoms with van der Waals surface area (Å²) in [5.74, 6) is 0. The molecule has 4 heteroatoms. The zero-order valence-corrected chi connectivity index (χ0v) is 6.20. The molecule has 0 aliphatic carbocycles. The number of hydrogen-bond acceptors (Lipinski definition) is 3. The second kappa shape index (κ2) is 3.83. The molecule has 38 valence electrons. The quantitative estimate of drug-likeness (QED) is 0.358. The molecule has 0 rings (SSSR count). The van der Waals surface area contributed by atoms with Gasteiger partial charge in [0.25, 0.3) is 0 Å². The SMILES string of the molecule is OCC(O)[CH](O)[Na]. The minimum absolute atomic E-state index is 0.343.